The Labute approximate surface area is 162 Å². The number of carbonyl (C=O) groups is 1. The van der Waals surface area contributed by atoms with E-state index in [9.17, 15) is 9.18 Å². The molecule has 2 N–H and O–H groups in total. The molecule has 1 aromatic carbocycles. The zero-order valence-electron chi connectivity index (χ0n) is 14.7. The third-order valence-electron chi connectivity index (χ3n) is 4.58. The van der Waals surface area contributed by atoms with Gasteiger partial charge in [0.25, 0.3) is 0 Å². The van der Waals surface area contributed by atoms with Gasteiger partial charge in [0.15, 0.2) is 11.5 Å². The summed E-state index contributed by atoms with van der Waals surface area (Å²) in [5.74, 6) is 0.895. The molecule has 1 amide bonds. The Balaban J connectivity index is 1.73. The van der Waals surface area contributed by atoms with E-state index in [1.54, 1.807) is 16.8 Å². The van der Waals surface area contributed by atoms with Crippen LogP contribution in [-0.4, -0.2) is 41.4 Å². The van der Waals surface area contributed by atoms with Crippen molar-refractivity contribution in [1.82, 2.24) is 29.7 Å². The van der Waals surface area contributed by atoms with Gasteiger partial charge in [-0.3, -0.25) is 4.79 Å². The highest BCUT2D eigenvalue weighted by molar-refractivity contribution is 8.00. The molecule has 5 rings (SSSR count). The minimum atomic E-state index is -0.299. The van der Waals surface area contributed by atoms with Crippen LogP contribution in [0.5, 0.6) is 0 Å². The van der Waals surface area contributed by atoms with Crippen molar-refractivity contribution in [3.05, 3.63) is 59.6 Å². The Morgan fingerprint density at radius 2 is 2.04 bits per heavy atom. The van der Waals surface area contributed by atoms with Crippen molar-refractivity contribution >= 4 is 34.7 Å². The lowest BCUT2D eigenvalue weighted by Crippen LogP contribution is -2.16. The van der Waals surface area contributed by atoms with E-state index in [1.165, 1.54) is 36.5 Å². The van der Waals surface area contributed by atoms with Crippen LogP contribution in [0.3, 0.4) is 0 Å². The number of aryl methyl sites for hydroxylation is 1. The molecule has 0 saturated carbocycles. The fraction of sp³-hybridized carbons (Fsp3) is 0.167. The van der Waals surface area contributed by atoms with Gasteiger partial charge < -0.3 is 10.3 Å². The van der Waals surface area contributed by atoms with E-state index in [0.29, 0.717) is 22.8 Å². The maximum absolute atomic E-state index is 13.4. The molecule has 4 aromatic rings. The van der Waals surface area contributed by atoms with Gasteiger partial charge in [-0.25, -0.2) is 19.3 Å². The summed E-state index contributed by atoms with van der Waals surface area (Å²) in [4.78, 5) is 28.0. The van der Waals surface area contributed by atoms with Crippen molar-refractivity contribution in [2.75, 3.05) is 11.1 Å². The molecule has 1 atom stereocenters. The van der Waals surface area contributed by atoms with Crippen molar-refractivity contribution in [3.63, 3.8) is 0 Å². The maximum atomic E-state index is 13.4. The first-order valence-electron chi connectivity index (χ1n) is 8.52. The molecule has 10 heteroatoms. The average Bonchev–Trinajstić information content (AvgIpc) is 3.24. The van der Waals surface area contributed by atoms with E-state index < -0.39 is 0 Å². The highest BCUT2D eigenvalue weighted by Gasteiger charge is 2.31. The van der Waals surface area contributed by atoms with Crippen molar-refractivity contribution in [2.24, 2.45) is 0 Å². The molecule has 1 aliphatic heterocycles. The fourth-order valence-corrected chi connectivity index (χ4v) is 4.54. The standard InChI is InChI=1S/C18H14FN7OS/c1-9-13-15(10-2-4-11(19)5-3-10)28-6-12(27)24-17(13)26(25-9)18-14-16(21-7-20-14)22-8-23-18/h2-5,7-8,15H,6H2,1H3,(H,24,27)(H,20,21,22,23). The van der Waals surface area contributed by atoms with Crippen LogP contribution in [0, 0.1) is 12.7 Å². The minimum absolute atomic E-state index is 0.132. The number of aromatic amines is 1. The molecule has 28 heavy (non-hydrogen) atoms. The first-order chi connectivity index (χ1) is 13.6. The summed E-state index contributed by atoms with van der Waals surface area (Å²) < 4.78 is 15.0. The Hall–Kier alpha value is -3.27. The second kappa shape index (κ2) is 6.41. The maximum Gasteiger partial charge on any atom is 0.235 e. The summed E-state index contributed by atoms with van der Waals surface area (Å²) in [6.07, 6.45) is 2.94. The van der Waals surface area contributed by atoms with Crippen molar-refractivity contribution < 1.29 is 9.18 Å². The predicted molar refractivity (Wildman–Crippen MR) is 103 cm³/mol. The van der Waals surface area contributed by atoms with Gasteiger partial charge in [-0.15, -0.1) is 11.8 Å². The number of imidazole rings is 1. The molecule has 8 nitrogen and oxygen atoms in total. The number of fused-ring (bicyclic) bond motifs is 2. The van der Waals surface area contributed by atoms with Crippen LogP contribution in [-0.2, 0) is 4.79 Å². The number of H-pyrrole nitrogens is 1. The highest BCUT2D eigenvalue weighted by Crippen LogP contribution is 2.43. The first-order valence-corrected chi connectivity index (χ1v) is 9.57. The number of rotatable bonds is 2. The van der Waals surface area contributed by atoms with E-state index in [0.717, 1.165) is 16.8 Å². The molecule has 0 fully saturated rings. The molecule has 0 saturated heterocycles. The molecule has 0 radical (unpaired) electrons. The molecular formula is C18H14FN7OS. The quantitative estimate of drug-likeness (QED) is 0.541. The molecule has 0 aliphatic carbocycles. The SMILES string of the molecule is Cc1nn(-c2ncnc3nc[nH]c23)c2c1C(c1ccc(F)cc1)SCC(=O)N2. The highest BCUT2D eigenvalue weighted by atomic mass is 32.2. The topological polar surface area (TPSA) is 101 Å². The summed E-state index contributed by atoms with van der Waals surface area (Å²) in [5, 5.41) is 7.42. The van der Waals surface area contributed by atoms with Gasteiger partial charge in [-0.05, 0) is 24.6 Å². The summed E-state index contributed by atoms with van der Waals surface area (Å²) in [5.41, 5.74) is 3.66. The van der Waals surface area contributed by atoms with Gasteiger partial charge in [0, 0.05) is 5.56 Å². The van der Waals surface area contributed by atoms with Crippen molar-refractivity contribution in [2.45, 2.75) is 12.2 Å². The van der Waals surface area contributed by atoms with Crippen molar-refractivity contribution in [1.29, 1.82) is 0 Å². The third-order valence-corrected chi connectivity index (χ3v) is 5.85. The molecule has 1 aliphatic rings. The number of anilines is 1. The number of hydrogen-bond acceptors (Lipinski definition) is 6. The van der Waals surface area contributed by atoms with Gasteiger partial charge in [0.2, 0.25) is 5.91 Å². The number of nitrogens with zero attached hydrogens (tertiary/aromatic N) is 5. The number of halogens is 1. The molecule has 0 spiro atoms. The number of benzene rings is 1. The van der Waals surface area contributed by atoms with Crippen LogP contribution >= 0.6 is 11.8 Å². The van der Waals surface area contributed by atoms with Gasteiger partial charge in [0.05, 0.1) is 23.0 Å². The lowest BCUT2D eigenvalue weighted by Gasteiger charge is -2.15. The van der Waals surface area contributed by atoms with E-state index in [4.69, 9.17) is 0 Å². The largest absolute Gasteiger partial charge is 0.340 e. The molecule has 0 bridgehead atoms. The number of aromatic nitrogens is 6. The molecule has 1 unspecified atom stereocenters. The van der Waals surface area contributed by atoms with Crippen LogP contribution in [0.1, 0.15) is 22.1 Å². The van der Waals surface area contributed by atoms with Gasteiger partial charge in [-0.1, -0.05) is 12.1 Å². The molecule has 4 heterocycles. The summed E-state index contributed by atoms with van der Waals surface area (Å²) >= 11 is 1.48. The van der Waals surface area contributed by atoms with Gasteiger partial charge in [0.1, 0.15) is 23.5 Å². The van der Waals surface area contributed by atoms with Crippen LogP contribution < -0.4 is 5.32 Å². The summed E-state index contributed by atoms with van der Waals surface area (Å²) in [6, 6.07) is 6.32. The zero-order valence-corrected chi connectivity index (χ0v) is 15.5. The van der Waals surface area contributed by atoms with Gasteiger partial charge in [-0.2, -0.15) is 9.78 Å². The minimum Gasteiger partial charge on any atom is -0.340 e. The second-order valence-corrected chi connectivity index (χ2v) is 7.44. The number of carbonyl (C=O) groups excluding carboxylic acids is 1. The lowest BCUT2D eigenvalue weighted by molar-refractivity contribution is -0.113. The Kier molecular flexibility index (Phi) is 3.86. The monoisotopic (exact) mass is 395 g/mol. The number of nitrogens with one attached hydrogen (secondary N) is 2. The first kappa shape index (κ1) is 16.9. The van der Waals surface area contributed by atoms with Crippen LogP contribution in [0.15, 0.2) is 36.9 Å². The normalized spacial score (nSPS) is 16.6. The average molecular weight is 395 g/mol. The lowest BCUT2D eigenvalue weighted by atomic mass is 10.0. The van der Waals surface area contributed by atoms with Crippen molar-refractivity contribution in [3.8, 4) is 5.82 Å². The van der Waals surface area contributed by atoms with E-state index >= 15 is 0 Å². The van der Waals surface area contributed by atoms with E-state index in [2.05, 4.69) is 30.4 Å². The summed E-state index contributed by atoms with van der Waals surface area (Å²) in [7, 11) is 0. The number of amides is 1. The van der Waals surface area contributed by atoms with E-state index in [-0.39, 0.29) is 22.7 Å². The zero-order chi connectivity index (χ0) is 19.3. The fourth-order valence-electron chi connectivity index (χ4n) is 3.35. The number of thioether (sulfide) groups is 1. The third kappa shape index (κ3) is 2.64. The van der Waals surface area contributed by atoms with Gasteiger partial charge >= 0.3 is 0 Å². The molecular weight excluding hydrogens is 381 g/mol. The second-order valence-electron chi connectivity index (χ2n) is 6.35. The summed E-state index contributed by atoms with van der Waals surface area (Å²) in [6.45, 7) is 1.88. The Morgan fingerprint density at radius 1 is 1.21 bits per heavy atom. The smallest absolute Gasteiger partial charge is 0.235 e. The predicted octanol–water partition coefficient (Wildman–Crippen LogP) is 2.76. The van der Waals surface area contributed by atoms with E-state index in [1.807, 2.05) is 6.92 Å². The Morgan fingerprint density at radius 3 is 2.86 bits per heavy atom. The molecule has 3 aromatic heterocycles. The van der Waals surface area contributed by atoms with Crippen LogP contribution in [0.2, 0.25) is 0 Å². The Bertz CT molecular complexity index is 1200. The van der Waals surface area contributed by atoms with Crippen LogP contribution in [0.25, 0.3) is 17.0 Å². The molecule has 140 valence electrons. The van der Waals surface area contributed by atoms with Crippen LogP contribution in [0.4, 0.5) is 10.2 Å². The number of hydrogen-bond donors (Lipinski definition) is 2.